The number of carboxylic acids is 1. The standard InChI is InChI=1S/C15H20O5S/c1-2-21(18,19)11-5-8-15(14(16)17)9-10-20-13-7-4-3-6-12(13)15/h3-4,6-7H,2,5,8-11H2,1H3,(H,16,17). The molecule has 0 spiro atoms. The normalized spacial score (nSPS) is 21.4. The van der Waals surface area contributed by atoms with Gasteiger partial charge in [0, 0.05) is 17.7 Å². The third kappa shape index (κ3) is 3.20. The molecule has 2 rings (SSSR count). The van der Waals surface area contributed by atoms with Crippen LogP contribution in [0, 0.1) is 0 Å². The maximum absolute atomic E-state index is 11.9. The van der Waals surface area contributed by atoms with Gasteiger partial charge in [0.1, 0.15) is 15.6 Å². The van der Waals surface area contributed by atoms with E-state index >= 15 is 0 Å². The van der Waals surface area contributed by atoms with E-state index in [2.05, 4.69) is 0 Å². The summed E-state index contributed by atoms with van der Waals surface area (Å²) in [6.45, 7) is 1.94. The molecule has 0 aliphatic carbocycles. The predicted molar refractivity (Wildman–Crippen MR) is 79.4 cm³/mol. The molecule has 1 aromatic carbocycles. The molecule has 0 saturated carbocycles. The van der Waals surface area contributed by atoms with Gasteiger partial charge in [0.05, 0.1) is 17.8 Å². The van der Waals surface area contributed by atoms with Gasteiger partial charge in [-0.1, -0.05) is 25.1 Å². The molecular weight excluding hydrogens is 292 g/mol. The Balaban J connectivity index is 2.25. The monoisotopic (exact) mass is 312 g/mol. The van der Waals surface area contributed by atoms with Crippen LogP contribution in [0.25, 0.3) is 0 Å². The Labute approximate surface area is 124 Å². The molecule has 5 nitrogen and oxygen atoms in total. The number of ether oxygens (including phenoxy) is 1. The molecule has 0 fully saturated rings. The Morgan fingerprint density at radius 3 is 2.76 bits per heavy atom. The number of para-hydroxylation sites is 1. The fraction of sp³-hybridized carbons (Fsp3) is 0.533. The van der Waals surface area contributed by atoms with Crippen molar-refractivity contribution in [3.05, 3.63) is 29.8 Å². The van der Waals surface area contributed by atoms with E-state index in [4.69, 9.17) is 4.74 Å². The number of carbonyl (C=O) groups is 1. The van der Waals surface area contributed by atoms with Crippen LogP contribution in [0.15, 0.2) is 24.3 Å². The molecule has 1 atom stereocenters. The van der Waals surface area contributed by atoms with E-state index < -0.39 is 21.2 Å². The fourth-order valence-electron chi connectivity index (χ4n) is 2.78. The minimum Gasteiger partial charge on any atom is -0.493 e. The van der Waals surface area contributed by atoms with Crippen LogP contribution >= 0.6 is 0 Å². The first-order valence-electron chi connectivity index (χ1n) is 7.07. The first-order chi connectivity index (χ1) is 9.91. The van der Waals surface area contributed by atoms with Crippen molar-refractivity contribution < 1.29 is 23.1 Å². The number of fused-ring (bicyclic) bond motifs is 1. The summed E-state index contributed by atoms with van der Waals surface area (Å²) in [6, 6.07) is 7.11. The average molecular weight is 312 g/mol. The van der Waals surface area contributed by atoms with Crippen molar-refractivity contribution >= 4 is 15.8 Å². The summed E-state index contributed by atoms with van der Waals surface area (Å²) < 4.78 is 28.7. The Morgan fingerprint density at radius 2 is 2.10 bits per heavy atom. The zero-order chi connectivity index (χ0) is 15.5. The van der Waals surface area contributed by atoms with Gasteiger partial charge in [-0.2, -0.15) is 0 Å². The highest BCUT2D eigenvalue weighted by Gasteiger charge is 2.44. The Bertz CT molecular complexity index is 623. The lowest BCUT2D eigenvalue weighted by molar-refractivity contribution is -0.145. The van der Waals surface area contributed by atoms with Crippen molar-refractivity contribution in [2.45, 2.75) is 31.6 Å². The van der Waals surface area contributed by atoms with Crippen LogP contribution in [0.5, 0.6) is 5.75 Å². The number of rotatable bonds is 6. The largest absolute Gasteiger partial charge is 0.493 e. The number of benzene rings is 1. The van der Waals surface area contributed by atoms with Gasteiger partial charge < -0.3 is 9.84 Å². The molecule has 0 bridgehead atoms. The van der Waals surface area contributed by atoms with Crippen molar-refractivity contribution in [2.24, 2.45) is 0 Å². The van der Waals surface area contributed by atoms with E-state index in [1.165, 1.54) is 0 Å². The summed E-state index contributed by atoms with van der Waals surface area (Å²) in [4.78, 5) is 11.9. The van der Waals surface area contributed by atoms with Crippen LogP contribution < -0.4 is 4.74 Å². The molecule has 21 heavy (non-hydrogen) atoms. The lowest BCUT2D eigenvalue weighted by Gasteiger charge is -2.35. The highest BCUT2D eigenvalue weighted by Crippen LogP contribution is 2.42. The SMILES string of the molecule is CCS(=O)(=O)CCCC1(C(=O)O)CCOc2ccccc21. The zero-order valence-electron chi connectivity index (χ0n) is 12.0. The first-order valence-corrected chi connectivity index (χ1v) is 8.89. The molecule has 1 unspecified atom stereocenters. The van der Waals surface area contributed by atoms with Crippen LogP contribution in [0.3, 0.4) is 0 Å². The first kappa shape index (κ1) is 15.8. The topological polar surface area (TPSA) is 80.7 Å². The van der Waals surface area contributed by atoms with Gasteiger partial charge in [0.15, 0.2) is 0 Å². The smallest absolute Gasteiger partial charge is 0.314 e. The van der Waals surface area contributed by atoms with Crippen molar-refractivity contribution in [3.8, 4) is 5.75 Å². The Morgan fingerprint density at radius 1 is 1.38 bits per heavy atom. The molecule has 1 aliphatic rings. The van der Waals surface area contributed by atoms with Gasteiger partial charge in [-0.3, -0.25) is 4.79 Å². The van der Waals surface area contributed by atoms with Crippen LogP contribution in [0.2, 0.25) is 0 Å². The molecule has 1 N–H and O–H groups in total. The minimum atomic E-state index is -3.07. The summed E-state index contributed by atoms with van der Waals surface area (Å²) in [7, 11) is -3.07. The molecule has 1 heterocycles. The van der Waals surface area contributed by atoms with E-state index in [0.29, 0.717) is 37.2 Å². The second-order valence-electron chi connectivity index (χ2n) is 5.32. The second kappa shape index (κ2) is 6.05. The lowest BCUT2D eigenvalue weighted by atomic mass is 9.73. The van der Waals surface area contributed by atoms with Crippen molar-refractivity contribution in [1.82, 2.24) is 0 Å². The van der Waals surface area contributed by atoms with Crippen molar-refractivity contribution in [2.75, 3.05) is 18.1 Å². The van der Waals surface area contributed by atoms with E-state index in [9.17, 15) is 18.3 Å². The summed E-state index contributed by atoms with van der Waals surface area (Å²) >= 11 is 0. The molecule has 116 valence electrons. The summed E-state index contributed by atoms with van der Waals surface area (Å²) in [5.74, 6) is -0.203. The zero-order valence-corrected chi connectivity index (χ0v) is 12.9. The fourth-order valence-corrected chi connectivity index (χ4v) is 3.66. The Hall–Kier alpha value is -1.56. The molecule has 0 radical (unpaired) electrons. The molecule has 0 amide bonds. The number of hydrogen-bond acceptors (Lipinski definition) is 4. The van der Waals surface area contributed by atoms with Gasteiger partial charge in [-0.25, -0.2) is 8.42 Å². The summed E-state index contributed by atoms with van der Waals surface area (Å²) in [5, 5.41) is 9.72. The van der Waals surface area contributed by atoms with Crippen LogP contribution in [0.1, 0.15) is 31.7 Å². The third-order valence-electron chi connectivity index (χ3n) is 4.10. The van der Waals surface area contributed by atoms with Gasteiger partial charge in [-0.05, 0) is 18.9 Å². The Kier molecular flexibility index (Phi) is 4.56. The number of carboxylic acid groups (broad SMARTS) is 1. The van der Waals surface area contributed by atoms with E-state index in [0.717, 1.165) is 0 Å². The molecular formula is C15H20O5S. The van der Waals surface area contributed by atoms with Gasteiger partial charge in [0.2, 0.25) is 0 Å². The maximum atomic E-state index is 11.9. The predicted octanol–water partition coefficient (Wildman–Crippen LogP) is 2.01. The highest BCUT2D eigenvalue weighted by molar-refractivity contribution is 7.91. The van der Waals surface area contributed by atoms with Crippen LogP contribution in [0.4, 0.5) is 0 Å². The van der Waals surface area contributed by atoms with E-state index in [1.54, 1.807) is 31.2 Å². The highest BCUT2D eigenvalue weighted by atomic mass is 32.2. The maximum Gasteiger partial charge on any atom is 0.314 e. The van der Waals surface area contributed by atoms with Gasteiger partial charge in [-0.15, -0.1) is 0 Å². The van der Waals surface area contributed by atoms with Crippen molar-refractivity contribution in [3.63, 3.8) is 0 Å². The lowest BCUT2D eigenvalue weighted by Crippen LogP contribution is -2.41. The second-order valence-corrected chi connectivity index (χ2v) is 7.79. The number of aliphatic carboxylic acids is 1. The van der Waals surface area contributed by atoms with Gasteiger partial charge >= 0.3 is 5.97 Å². The average Bonchev–Trinajstić information content (AvgIpc) is 2.47. The third-order valence-corrected chi connectivity index (χ3v) is 5.89. The number of hydrogen-bond donors (Lipinski definition) is 1. The van der Waals surface area contributed by atoms with Crippen molar-refractivity contribution in [1.29, 1.82) is 0 Å². The molecule has 6 heteroatoms. The van der Waals surface area contributed by atoms with E-state index in [-0.39, 0.29) is 11.5 Å². The molecule has 0 aromatic heterocycles. The molecule has 1 aromatic rings. The number of sulfone groups is 1. The molecule has 1 aliphatic heterocycles. The minimum absolute atomic E-state index is 0.0293. The van der Waals surface area contributed by atoms with Crippen LogP contribution in [-0.4, -0.2) is 37.6 Å². The van der Waals surface area contributed by atoms with E-state index in [1.807, 2.05) is 0 Å². The quantitative estimate of drug-likeness (QED) is 0.869. The summed E-state index contributed by atoms with van der Waals surface area (Å²) in [5.41, 5.74) is -0.393. The van der Waals surface area contributed by atoms with Crippen LogP contribution in [-0.2, 0) is 20.0 Å². The summed E-state index contributed by atoms with van der Waals surface area (Å²) in [6.07, 6.45) is 1.02. The van der Waals surface area contributed by atoms with Gasteiger partial charge in [0.25, 0.3) is 0 Å². The molecule has 0 saturated heterocycles.